The normalized spacial score (nSPS) is 11.4. The van der Waals surface area contributed by atoms with E-state index in [2.05, 4.69) is 31.2 Å². The van der Waals surface area contributed by atoms with Crippen LogP contribution in [-0.2, 0) is 9.59 Å². The second-order valence-corrected chi connectivity index (χ2v) is 12.4. The predicted octanol–water partition coefficient (Wildman–Crippen LogP) is 6.04. The first kappa shape index (κ1) is 30.9. The average molecular weight is 559 g/mol. The van der Waals surface area contributed by atoms with E-state index in [0.717, 1.165) is 0 Å². The van der Waals surface area contributed by atoms with Gasteiger partial charge in [0.1, 0.15) is 23.3 Å². The van der Waals surface area contributed by atoms with Gasteiger partial charge in [0.2, 0.25) is 11.8 Å². The summed E-state index contributed by atoms with van der Waals surface area (Å²) < 4.78 is 0. The summed E-state index contributed by atoms with van der Waals surface area (Å²) in [5, 5.41) is 10.9. The van der Waals surface area contributed by atoms with Crippen molar-refractivity contribution >= 4 is 46.9 Å². The molecule has 0 saturated heterocycles. The lowest BCUT2D eigenvalue weighted by Crippen LogP contribution is -2.21. The van der Waals surface area contributed by atoms with Gasteiger partial charge in [-0.3, -0.25) is 19.2 Å². The van der Waals surface area contributed by atoms with Gasteiger partial charge < -0.3 is 21.3 Å². The zero-order valence-corrected chi connectivity index (χ0v) is 24.6. The van der Waals surface area contributed by atoms with Crippen LogP contribution in [0.2, 0.25) is 0 Å². The lowest BCUT2D eigenvalue weighted by Gasteiger charge is -2.17. The Morgan fingerprint density at radius 1 is 0.585 bits per heavy atom. The zero-order chi connectivity index (χ0) is 30.4. The van der Waals surface area contributed by atoms with E-state index in [1.807, 2.05) is 41.5 Å². The number of carbonyl (C=O) groups excluding carboxylic acids is 4. The number of pyridine rings is 2. The minimum absolute atomic E-state index is 0.171. The van der Waals surface area contributed by atoms with Crippen LogP contribution >= 0.6 is 0 Å². The van der Waals surface area contributed by atoms with E-state index in [4.69, 9.17) is 0 Å². The maximum Gasteiger partial charge on any atom is 0.256 e. The van der Waals surface area contributed by atoms with Gasteiger partial charge in [-0.05, 0) is 65.8 Å². The molecule has 0 aliphatic carbocycles. The van der Waals surface area contributed by atoms with Crippen LogP contribution in [0.4, 0.5) is 23.3 Å². The maximum atomic E-state index is 13.0. The van der Waals surface area contributed by atoms with Crippen LogP contribution in [0.1, 0.15) is 80.7 Å². The van der Waals surface area contributed by atoms with Crippen molar-refractivity contribution in [1.29, 1.82) is 0 Å². The molecule has 0 radical (unpaired) electrons. The van der Waals surface area contributed by atoms with Crippen molar-refractivity contribution in [2.75, 3.05) is 21.3 Å². The number of aryl methyl sites for hydroxylation is 1. The van der Waals surface area contributed by atoms with Gasteiger partial charge in [-0.2, -0.15) is 0 Å². The molecule has 2 heterocycles. The van der Waals surface area contributed by atoms with E-state index < -0.39 is 11.8 Å². The first-order valence-corrected chi connectivity index (χ1v) is 13.3. The van der Waals surface area contributed by atoms with Gasteiger partial charge in [0.05, 0.1) is 0 Å². The van der Waals surface area contributed by atoms with Gasteiger partial charge in [-0.15, -0.1) is 0 Å². The first-order chi connectivity index (χ1) is 19.1. The monoisotopic (exact) mass is 558 g/mol. The van der Waals surface area contributed by atoms with E-state index in [0.29, 0.717) is 30.0 Å². The average Bonchev–Trinajstić information content (AvgIpc) is 2.81. The molecule has 3 aromatic rings. The highest BCUT2D eigenvalue weighted by Crippen LogP contribution is 2.21. The minimum atomic E-state index is -0.463. The summed E-state index contributed by atoms with van der Waals surface area (Å²) in [6.45, 7) is 13.6. The lowest BCUT2D eigenvalue weighted by molar-refractivity contribution is -0.118. The molecule has 4 N–H and O–H groups in total. The number of rotatable bonds is 8. The van der Waals surface area contributed by atoms with Crippen molar-refractivity contribution in [2.45, 2.75) is 61.3 Å². The molecule has 3 rings (SSSR count). The number of amides is 4. The molecular formula is C31H38N6O4. The van der Waals surface area contributed by atoms with Crippen molar-refractivity contribution in [3.63, 3.8) is 0 Å². The molecule has 0 atom stereocenters. The Morgan fingerprint density at radius 3 is 1.27 bits per heavy atom. The summed E-state index contributed by atoms with van der Waals surface area (Å²) in [7, 11) is 0. The Kier molecular flexibility index (Phi) is 9.59. The highest BCUT2D eigenvalue weighted by atomic mass is 16.2. The molecule has 0 aliphatic rings. The van der Waals surface area contributed by atoms with E-state index in [1.54, 1.807) is 55.5 Å². The summed E-state index contributed by atoms with van der Waals surface area (Å²) in [4.78, 5) is 59.2. The molecule has 0 aliphatic heterocycles. The SMILES string of the molecule is Cc1cc(C(=O)Nc2cccc(NC(=O)CC(C)(C)C)n2)cc(C(=O)Nc2cccc(NC(=O)CC(C)(C)C)n2)c1. The molecule has 4 amide bonds. The van der Waals surface area contributed by atoms with Gasteiger partial charge >= 0.3 is 0 Å². The Bertz CT molecular complexity index is 1350. The predicted molar refractivity (Wildman–Crippen MR) is 161 cm³/mol. The second-order valence-electron chi connectivity index (χ2n) is 12.4. The number of nitrogens with one attached hydrogen (secondary N) is 4. The number of hydrogen-bond donors (Lipinski definition) is 4. The van der Waals surface area contributed by atoms with Crippen molar-refractivity contribution < 1.29 is 19.2 Å². The number of carbonyl (C=O) groups is 4. The highest BCUT2D eigenvalue weighted by molar-refractivity contribution is 6.08. The fraction of sp³-hybridized carbons (Fsp3) is 0.355. The van der Waals surface area contributed by atoms with Gasteiger partial charge in [0, 0.05) is 24.0 Å². The quantitative estimate of drug-likeness (QED) is 0.266. The smallest absolute Gasteiger partial charge is 0.256 e. The lowest BCUT2D eigenvalue weighted by atomic mass is 9.92. The van der Waals surface area contributed by atoms with Gasteiger partial charge in [-0.1, -0.05) is 53.7 Å². The fourth-order valence-corrected chi connectivity index (χ4v) is 3.91. The van der Waals surface area contributed by atoms with Crippen LogP contribution in [0.5, 0.6) is 0 Å². The number of hydrogen-bond acceptors (Lipinski definition) is 6. The standard InChI is InChI=1S/C31H38N6O4/c1-19-14-20(28(40)36-24-12-8-10-22(32-24)34-26(38)17-30(2,3)4)16-21(15-19)29(41)37-25-13-9-11-23(33-25)35-27(39)18-31(5,6)7/h8-16H,17-18H2,1-7H3,(H2,32,34,36,38,40)(H2,33,35,37,39,41). The molecular weight excluding hydrogens is 520 g/mol. The Hall–Kier alpha value is -4.60. The summed E-state index contributed by atoms with van der Waals surface area (Å²) >= 11 is 0. The number of benzene rings is 1. The zero-order valence-electron chi connectivity index (χ0n) is 24.6. The van der Waals surface area contributed by atoms with E-state index >= 15 is 0 Å². The number of aromatic nitrogens is 2. The molecule has 0 bridgehead atoms. The van der Waals surface area contributed by atoms with Crippen LogP contribution in [0.15, 0.2) is 54.6 Å². The van der Waals surface area contributed by atoms with Crippen molar-refractivity contribution in [2.24, 2.45) is 10.8 Å². The molecule has 216 valence electrons. The summed E-state index contributed by atoms with van der Waals surface area (Å²) in [6.07, 6.45) is 0.649. The molecule has 41 heavy (non-hydrogen) atoms. The summed E-state index contributed by atoms with van der Waals surface area (Å²) in [5.74, 6) is -0.108. The minimum Gasteiger partial charge on any atom is -0.311 e. The van der Waals surface area contributed by atoms with Crippen molar-refractivity contribution in [3.8, 4) is 0 Å². The molecule has 0 unspecified atom stereocenters. The maximum absolute atomic E-state index is 13.0. The van der Waals surface area contributed by atoms with Crippen LogP contribution < -0.4 is 21.3 Å². The van der Waals surface area contributed by atoms with Crippen molar-refractivity contribution in [1.82, 2.24) is 9.97 Å². The van der Waals surface area contributed by atoms with Crippen LogP contribution in [0.3, 0.4) is 0 Å². The van der Waals surface area contributed by atoms with Crippen LogP contribution in [0, 0.1) is 17.8 Å². The third kappa shape index (κ3) is 10.5. The molecule has 10 nitrogen and oxygen atoms in total. The van der Waals surface area contributed by atoms with Crippen LogP contribution in [-0.4, -0.2) is 33.6 Å². The van der Waals surface area contributed by atoms with Gasteiger partial charge in [0.15, 0.2) is 0 Å². The third-order valence-corrected chi connectivity index (χ3v) is 5.50. The first-order valence-electron chi connectivity index (χ1n) is 13.3. The number of anilines is 4. The summed E-state index contributed by atoms with van der Waals surface area (Å²) in [6, 6.07) is 14.7. The third-order valence-electron chi connectivity index (χ3n) is 5.50. The van der Waals surface area contributed by atoms with E-state index in [1.165, 1.54) is 6.07 Å². The van der Waals surface area contributed by atoms with Gasteiger partial charge in [0.25, 0.3) is 11.8 Å². The molecule has 1 aromatic carbocycles. The molecule has 0 saturated carbocycles. The summed E-state index contributed by atoms with van der Waals surface area (Å²) in [5.41, 5.74) is 0.874. The molecule has 2 aromatic heterocycles. The topological polar surface area (TPSA) is 142 Å². The Morgan fingerprint density at radius 2 is 0.927 bits per heavy atom. The number of nitrogens with zero attached hydrogens (tertiary/aromatic N) is 2. The molecule has 0 spiro atoms. The van der Waals surface area contributed by atoms with Crippen molar-refractivity contribution in [3.05, 3.63) is 71.3 Å². The Balaban J connectivity index is 1.69. The second kappa shape index (κ2) is 12.7. The van der Waals surface area contributed by atoms with E-state index in [-0.39, 0.29) is 45.4 Å². The molecule has 10 heteroatoms. The largest absolute Gasteiger partial charge is 0.311 e. The van der Waals surface area contributed by atoms with E-state index in [9.17, 15) is 19.2 Å². The Labute approximate surface area is 240 Å². The fourth-order valence-electron chi connectivity index (χ4n) is 3.91. The highest BCUT2D eigenvalue weighted by Gasteiger charge is 2.18. The van der Waals surface area contributed by atoms with Gasteiger partial charge in [-0.25, -0.2) is 9.97 Å². The molecule has 0 fully saturated rings. The van der Waals surface area contributed by atoms with Crippen LogP contribution in [0.25, 0.3) is 0 Å².